The molecule has 4 aromatic heterocycles. The van der Waals surface area contributed by atoms with Gasteiger partial charge in [-0.05, 0) is 25.0 Å². The van der Waals surface area contributed by atoms with Crippen LogP contribution in [0.15, 0.2) is 53.0 Å². The Morgan fingerprint density at radius 3 is 2.54 bits per heavy atom. The number of aromatic nitrogens is 6. The molecule has 1 atom stereocenters. The quantitative estimate of drug-likeness (QED) is 0.327. The maximum absolute atomic E-state index is 10.6. The van der Waals surface area contributed by atoms with E-state index in [0.717, 1.165) is 48.9 Å². The first kappa shape index (κ1) is 27.0. The highest BCUT2D eigenvalue weighted by Crippen LogP contribution is 2.48. The van der Waals surface area contributed by atoms with Gasteiger partial charge in [-0.1, -0.05) is 23.4 Å². The minimum Gasteiger partial charge on any atom is -0.475 e. The number of alkyl halides is 3. The van der Waals surface area contributed by atoms with Crippen molar-refractivity contribution in [2.24, 2.45) is 11.1 Å². The Kier molecular flexibility index (Phi) is 7.07. The number of carboxylic acids is 1. The number of hydrogen-bond acceptors (Lipinski definition) is 9. The van der Waals surface area contributed by atoms with Crippen LogP contribution in [0.3, 0.4) is 0 Å². The number of aliphatic carboxylic acids is 1. The van der Waals surface area contributed by atoms with Crippen LogP contribution in [0.4, 0.5) is 24.8 Å². The molecule has 0 aromatic carbocycles. The Hall–Kier alpha value is -3.56. The fourth-order valence-corrected chi connectivity index (χ4v) is 5.93. The third-order valence-corrected chi connectivity index (χ3v) is 8.50. The number of hydrogen-bond donors (Lipinski definition) is 3. The lowest BCUT2D eigenvalue weighted by molar-refractivity contribution is -0.192. The Morgan fingerprint density at radius 1 is 1.18 bits per heavy atom. The van der Waals surface area contributed by atoms with Crippen molar-refractivity contribution in [3.05, 3.63) is 53.8 Å². The Balaban J connectivity index is 0.000000392. The fourth-order valence-electron chi connectivity index (χ4n) is 4.83. The standard InChI is InChI=1S/C21H22ClN9S.C2HF3O2/c22-16-14(2-7-30-10-6-25-19(16)30)32-20-18(24)28-15(11-26-20)29-8-3-21(4-9-29)12-31-13(17(21)23)1-5-27-31;3-2(4,5)1(6)7/h1-2,5-7,10-11,17H,3-4,8-9,12,23H2,(H2,24,28);(H,6,7)/t17-;/m1./s1. The lowest BCUT2D eigenvalue weighted by Gasteiger charge is -2.41. The molecule has 0 unspecified atom stereocenters. The maximum atomic E-state index is 10.6. The van der Waals surface area contributed by atoms with E-state index in [1.807, 2.05) is 35.1 Å². The average Bonchev–Trinajstić information content (AvgIpc) is 3.61. The number of halogens is 4. The minimum absolute atomic E-state index is 0.0271. The molecule has 2 aliphatic rings. The SMILES string of the molecule is Nc1nc(N2CCC3(CC2)Cn2nccc2[C@H]3N)cnc1Sc1ccn2ccnc2c1Cl.O=C(O)C(F)(F)F. The number of pyridine rings is 1. The predicted molar refractivity (Wildman–Crippen MR) is 137 cm³/mol. The van der Waals surface area contributed by atoms with Crippen molar-refractivity contribution in [3.8, 4) is 0 Å². The molecule has 6 heterocycles. The summed E-state index contributed by atoms with van der Waals surface area (Å²) in [5.41, 5.74) is 14.8. The summed E-state index contributed by atoms with van der Waals surface area (Å²) in [6, 6.07) is 3.99. The number of nitrogen functional groups attached to an aromatic ring is 1. The number of nitrogens with zero attached hydrogens (tertiary/aromatic N) is 7. The largest absolute Gasteiger partial charge is 0.490 e. The van der Waals surface area contributed by atoms with Crippen molar-refractivity contribution in [2.75, 3.05) is 23.7 Å². The van der Waals surface area contributed by atoms with Crippen LogP contribution in [0.1, 0.15) is 24.6 Å². The summed E-state index contributed by atoms with van der Waals surface area (Å²) in [4.78, 5) is 25.5. The summed E-state index contributed by atoms with van der Waals surface area (Å²) < 4.78 is 35.7. The molecule has 1 saturated heterocycles. The second kappa shape index (κ2) is 10.2. The average molecular weight is 582 g/mol. The predicted octanol–water partition coefficient (Wildman–Crippen LogP) is 3.64. The smallest absolute Gasteiger partial charge is 0.475 e. The number of piperidine rings is 1. The molecular formula is C23H23ClF3N9O2S. The van der Waals surface area contributed by atoms with E-state index in [-0.39, 0.29) is 11.5 Å². The van der Waals surface area contributed by atoms with Gasteiger partial charge in [0.05, 0.1) is 23.0 Å². The van der Waals surface area contributed by atoms with Crippen molar-refractivity contribution in [2.45, 2.75) is 41.5 Å². The Morgan fingerprint density at radius 2 is 1.90 bits per heavy atom. The van der Waals surface area contributed by atoms with E-state index >= 15 is 0 Å². The zero-order valence-corrected chi connectivity index (χ0v) is 21.8. The number of imidazole rings is 1. The summed E-state index contributed by atoms with van der Waals surface area (Å²) in [5, 5.41) is 12.7. The summed E-state index contributed by atoms with van der Waals surface area (Å²) in [6.07, 6.45) is 5.98. The molecule has 206 valence electrons. The second-order valence-corrected chi connectivity index (χ2v) is 10.6. The molecule has 0 bridgehead atoms. The fraction of sp³-hybridized carbons (Fsp3) is 0.348. The molecule has 11 nitrogen and oxygen atoms in total. The number of carbonyl (C=O) groups is 1. The van der Waals surface area contributed by atoms with Gasteiger partial charge in [-0.2, -0.15) is 18.3 Å². The molecule has 2 aliphatic heterocycles. The van der Waals surface area contributed by atoms with Gasteiger partial charge in [-0.3, -0.25) is 4.68 Å². The van der Waals surface area contributed by atoms with Gasteiger partial charge in [0.25, 0.3) is 0 Å². The lowest BCUT2D eigenvalue weighted by atomic mass is 9.73. The van der Waals surface area contributed by atoms with E-state index < -0.39 is 12.1 Å². The van der Waals surface area contributed by atoms with E-state index in [1.165, 1.54) is 11.8 Å². The third kappa shape index (κ3) is 5.21. The van der Waals surface area contributed by atoms with E-state index in [4.69, 9.17) is 33.0 Å². The number of anilines is 2. The van der Waals surface area contributed by atoms with Crippen molar-refractivity contribution >= 4 is 46.6 Å². The summed E-state index contributed by atoms with van der Waals surface area (Å²) >= 11 is 7.91. The second-order valence-electron chi connectivity index (χ2n) is 9.22. The molecule has 1 spiro atoms. The Labute approximate surface area is 229 Å². The molecule has 0 aliphatic carbocycles. The topological polar surface area (TPSA) is 153 Å². The van der Waals surface area contributed by atoms with Crippen molar-refractivity contribution in [1.82, 2.24) is 29.1 Å². The van der Waals surface area contributed by atoms with Gasteiger partial charge in [0.2, 0.25) is 0 Å². The molecule has 16 heteroatoms. The molecule has 0 saturated carbocycles. The van der Waals surface area contributed by atoms with E-state index in [2.05, 4.69) is 29.6 Å². The van der Waals surface area contributed by atoms with E-state index in [0.29, 0.717) is 21.5 Å². The highest BCUT2D eigenvalue weighted by Gasteiger charge is 2.47. The first-order valence-corrected chi connectivity index (χ1v) is 12.9. The molecule has 1 fully saturated rings. The third-order valence-electron chi connectivity index (χ3n) is 6.94. The molecule has 0 amide bonds. The van der Waals surface area contributed by atoms with Crippen LogP contribution < -0.4 is 16.4 Å². The summed E-state index contributed by atoms with van der Waals surface area (Å²) in [6.45, 7) is 2.61. The maximum Gasteiger partial charge on any atom is 0.490 e. The summed E-state index contributed by atoms with van der Waals surface area (Å²) in [5.74, 6) is -1.57. The van der Waals surface area contributed by atoms with Gasteiger partial charge in [-0.25, -0.2) is 19.7 Å². The highest BCUT2D eigenvalue weighted by molar-refractivity contribution is 7.99. The molecule has 0 radical (unpaired) electrons. The first-order valence-electron chi connectivity index (χ1n) is 11.7. The van der Waals surface area contributed by atoms with E-state index in [9.17, 15) is 13.2 Å². The number of nitrogens with two attached hydrogens (primary N) is 2. The monoisotopic (exact) mass is 581 g/mol. The van der Waals surface area contributed by atoms with Crippen LogP contribution in [0.25, 0.3) is 5.65 Å². The van der Waals surface area contributed by atoms with Crippen LogP contribution in [0.2, 0.25) is 5.02 Å². The lowest BCUT2D eigenvalue weighted by Crippen LogP contribution is -2.45. The van der Waals surface area contributed by atoms with Gasteiger partial charge in [0.15, 0.2) is 11.5 Å². The van der Waals surface area contributed by atoms with E-state index in [1.54, 1.807) is 12.4 Å². The van der Waals surface area contributed by atoms with Crippen molar-refractivity contribution in [3.63, 3.8) is 0 Å². The van der Waals surface area contributed by atoms with Gasteiger partial charge in [0.1, 0.15) is 10.8 Å². The first-order chi connectivity index (χ1) is 18.5. The Bertz CT molecular complexity index is 1520. The minimum atomic E-state index is -5.08. The van der Waals surface area contributed by atoms with Gasteiger partial charge < -0.3 is 25.9 Å². The van der Waals surface area contributed by atoms with Crippen LogP contribution >= 0.6 is 23.4 Å². The van der Waals surface area contributed by atoms with Gasteiger partial charge >= 0.3 is 12.1 Å². The van der Waals surface area contributed by atoms with Gasteiger partial charge in [-0.15, -0.1) is 0 Å². The summed E-state index contributed by atoms with van der Waals surface area (Å²) in [7, 11) is 0. The van der Waals surface area contributed by atoms with Crippen LogP contribution in [-0.2, 0) is 11.3 Å². The van der Waals surface area contributed by atoms with Crippen LogP contribution in [0.5, 0.6) is 0 Å². The van der Waals surface area contributed by atoms with Crippen molar-refractivity contribution in [1.29, 1.82) is 0 Å². The molecule has 5 N–H and O–H groups in total. The number of rotatable bonds is 3. The van der Waals surface area contributed by atoms with Crippen molar-refractivity contribution < 1.29 is 23.1 Å². The van der Waals surface area contributed by atoms with Gasteiger partial charge in [0, 0.05) is 54.7 Å². The zero-order chi connectivity index (χ0) is 27.9. The van der Waals surface area contributed by atoms with Crippen LogP contribution in [0, 0.1) is 5.41 Å². The zero-order valence-electron chi connectivity index (χ0n) is 20.2. The molecule has 4 aromatic rings. The van der Waals surface area contributed by atoms with Crippen LogP contribution in [-0.4, -0.2) is 59.5 Å². The molecule has 39 heavy (non-hydrogen) atoms. The number of fused-ring (bicyclic) bond motifs is 2. The molecule has 6 rings (SSSR count). The number of carboxylic acid groups (broad SMARTS) is 1. The molecular weight excluding hydrogens is 559 g/mol. The highest BCUT2D eigenvalue weighted by atomic mass is 35.5. The normalized spacial score (nSPS) is 18.2.